The van der Waals surface area contributed by atoms with Crippen LogP contribution in [0.1, 0.15) is 0 Å². The SMILES string of the molecule is C=CC(F)(F)C(F)C(F)(F)OC(F)(F)C(F)(F)C(F)(F)F. The minimum atomic E-state index is -7.17. The van der Waals surface area contributed by atoms with Crippen molar-refractivity contribution in [3.05, 3.63) is 12.7 Å². The summed E-state index contributed by atoms with van der Waals surface area (Å²) in [6, 6.07) is 0. The van der Waals surface area contributed by atoms with Gasteiger partial charge in [0.2, 0.25) is 0 Å². The van der Waals surface area contributed by atoms with Crippen molar-refractivity contribution in [3.63, 3.8) is 0 Å². The fraction of sp³-hybridized carbons (Fsp3) is 0.750. The first kappa shape index (κ1) is 19.9. The number of hydrogen-bond donors (Lipinski definition) is 0. The number of allylic oxidation sites excluding steroid dienone is 1. The lowest BCUT2D eigenvalue weighted by molar-refractivity contribution is -0.482. The second-order valence-corrected chi connectivity index (χ2v) is 3.49. The summed E-state index contributed by atoms with van der Waals surface area (Å²) in [5.41, 5.74) is 0. The van der Waals surface area contributed by atoms with Gasteiger partial charge in [-0.2, -0.15) is 48.3 Å². The molecule has 21 heavy (non-hydrogen) atoms. The number of ether oxygens (including phenoxy) is 1. The lowest BCUT2D eigenvalue weighted by atomic mass is 10.2. The predicted molar refractivity (Wildman–Crippen MR) is 42.0 cm³/mol. The van der Waals surface area contributed by atoms with Gasteiger partial charge in [-0.1, -0.05) is 6.58 Å². The highest BCUT2D eigenvalue weighted by Gasteiger charge is 2.77. The van der Waals surface area contributed by atoms with Gasteiger partial charge in [-0.15, -0.1) is 0 Å². The Bertz CT molecular complexity index is 383. The predicted octanol–water partition coefficient (Wildman–Crippen LogP) is 4.55. The molecule has 0 amide bonds. The van der Waals surface area contributed by atoms with Crippen LogP contribution < -0.4 is 0 Å². The first-order valence-corrected chi connectivity index (χ1v) is 4.48. The van der Waals surface area contributed by atoms with Gasteiger partial charge in [-0.05, 0) is 6.08 Å². The van der Waals surface area contributed by atoms with E-state index in [4.69, 9.17) is 0 Å². The van der Waals surface area contributed by atoms with E-state index in [1.165, 1.54) is 0 Å². The van der Waals surface area contributed by atoms with E-state index in [1.807, 2.05) is 0 Å². The highest BCUT2D eigenvalue weighted by atomic mass is 19.4. The van der Waals surface area contributed by atoms with E-state index in [9.17, 15) is 52.7 Å². The summed E-state index contributed by atoms with van der Waals surface area (Å²) in [5.74, 6) is -12.4. The van der Waals surface area contributed by atoms with Gasteiger partial charge in [-0.25, -0.2) is 9.13 Å². The third-order valence-corrected chi connectivity index (χ3v) is 1.89. The van der Waals surface area contributed by atoms with Gasteiger partial charge in [0.1, 0.15) is 0 Å². The van der Waals surface area contributed by atoms with Crippen LogP contribution in [-0.2, 0) is 4.74 Å². The Balaban J connectivity index is 5.49. The zero-order valence-corrected chi connectivity index (χ0v) is 9.31. The second-order valence-electron chi connectivity index (χ2n) is 3.49. The Morgan fingerprint density at radius 2 is 1.19 bits per heavy atom. The molecular formula is C8H4F12O. The Labute approximate surface area is 108 Å². The molecule has 0 N–H and O–H groups in total. The Kier molecular flexibility index (Phi) is 4.96. The van der Waals surface area contributed by atoms with E-state index in [0.29, 0.717) is 0 Å². The minimum Gasteiger partial charge on any atom is -0.248 e. The molecule has 1 unspecified atom stereocenters. The molecule has 1 atom stereocenters. The van der Waals surface area contributed by atoms with Gasteiger partial charge in [0.25, 0.3) is 6.17 Å². The van der Waals surface area contributed by atoms with Crippen LogP contribution in [-0.4, -0.2) is 36.4 Å². The molecule has 0 saturated carbocycles. The topological polar surface area (TPSA) is 9.23 Å². The van der Waals surface area contributed by atoms with Gasteiger partial charge < -0.3 is 0 Å². The molecule has 0 rings (SSSR count). The fourth-order valence-corrected chi connectivity index (χ4v) is 0.779. The van der Waals surface area contributed by atoms with Crippen LogP contribution in [0.2, 0.25) is 0 Å². The molecule has 0 aromatic heterocycles. The zero-order chi connectivity index (χ0) is 17.5. The summed E-state index contributed by atoms with van der Waals surface area (Å²) in [6.07, 6.45) is -26.2. The van der Waals surface area contributed by atoms with Crippen LogP contribution in [0.3, 0.4) is 0 Å². The van der Waals surface area contributed by atoms with E-state index >= 15 is 0 Å². The molecule has 1 nitrogen and oxygen atoms in total. The molecule has 0 aliphatic rings. The number of rotatable bonds is 6. The Morgan fingerprint density at radius 1 is 0.810 bits per heavy atom. The van der Waals surface area contributed by atoms with E-state index in [-0.39, 0.29) is 0 Å². The molecule has 0 spiro atoms. The highest BCUT2D eigenvalue weighted by molar-refractivity contribution is 4.98. The van der Waals surface area contributed by atoms with Crippen molar-refractivity contribution in [2.45, 2.75) is 36.4 Å². The van der Waals surface area contributed by atoms with Crippen molar-refractivity contribution in [3.8, 4) is 0 Å². The van der Waals surface area contributed by atoms with Crippen LogP contribution in [0.25, 0.3) is 0 Å². The summed E-state index contributed by atoms with van der Waals surface area (Å²) in [6.45, 7) is 2.16. The minimum absolute atomic E-state index is 0.797. The molecule has 0 heterocycles. The van der Waals surface area contributed by atoms with Crippen LogP contribution in [0.15, 0.2) is 12.7 Å². The highest BCUT2D eigenvalue weighted by Crippen LogP contribution is 2.50. The van der Waals surface area contributed by atoms with E-state index < -0.39 is 42.5 Å². The molecule has 0 saturated heterocycles. The summed E-state index contributed by atoms with van der Waals surface area (Å²) in [7, 11) is 0. The zero-order valence-electron chi connectivity index (χ0n) is 9.31. The lowest BCUT2D eigenvalue weighted by Gasteiger charge is -2.32. The number of hydrogen-bond acceptors (Lipinski definition) is 1. The van der Waals surface area contributed by atoms with E-state index in [0.717, 1.165) is 0 Å². The van der Waals surface area contributed by atoms with Crippen LogP contribution in [0.4, 0.5) is 52.7 Å². The fourth-order valence-electron chi connectivity index (χ4n) is 0.779. The van der Waals surface area contributed by atoms with Crippen molar-refractivity contribution in [2.75, 3.05) is 0 Å². The van der Waals surface area contributed by atoms with Crippen LogP contribution in [0.5, 0.6) is 0 Å². The van der Waals surface area contributed by atoms with Gasteiger partial charge in [0.05, 0.1) is 0 Å². The van der Waals surface area contributed by atoms with Gasteiger partial charge in [0.15, 0.2) is 0 Å². The van der Waals surface area contributed by atoms with Crippen molar-refractivity contribution in [1.29, 1.82) is 0 Å². The third-order valence-electron chi connectivity index (χ3n) is 1.89. The molecule has 0 bridgehead atoms. The van der Waals surface area contributed by atoms with E-state index in [2.05, 4.69) is 6.58 Å². The van der Waals surface area contributed by atoms with Crippen molar-refractivity contribution < 1.29 is 57.4 Å². The Morgan fingerprint density at radius 3 is 1.48 bits per heavy atom. The molecule has 13 heteroatoms. The monoisotopic (exact) mass is 344 g/mol. The summed E-state index contributed by atoms with van der Waals surface area (Å²) >= 11 is 0. The molecule has 0 aliphatic heterocycles. The Hall–Kier alpha value is -1.14. The molecule has 126 valence electrons. The average molecular weight is 344 g/mol. The van der Waals surface area contributed by atoms with Crippen molar-refractivity contribution >= 4 is 0 Å². The molecule has 0 fully saturated rings. The van der Waals surface area contributed by atoms with Crippen molar-refractivity contribution in [2.24, 2.45) is 0 Å². The second kappa shape index (κ2) is 5.25. The smallest absolute Gasteiger partial charge is 0.248 e. The van der Waals surface area contributed by atoms with Crippen LogP contribution in [0, 0.1) is 0 Å². The molecular weight excluding hydrogens is 340 g/mol. The summed E-state index contributed by atoms with van der Waals surface area (Å²) in [5, 5.41) is 0. The van der Waals surface area contributed by atoms with Crippen LogP contribution >= 0.6 is 0 Å². The first-order valence-electron chi connectivity index (χ1n) is 4.48. The maximum absolute atomic E-state index is 12.6. The first-order chi connectivity index (χ1) is 8.92. The standard InChI is InChI=1S/C8H4F12O/c1-2-4(10,11)3(9)5(12,13)21-8(19,20)6(14,15)7(16,17)18/h2-3H,1H2. The normalized spacial score (nSPS) is 16.8. The maximum atomic E-state index is 12.6. The number of halogens is 12. The largest absolute Gasteiger partial charge is 0.462 e. The lowest BCUT2D eigenvalue weighted by Crippen LogP contribution is -2.58. The summed E-state index contributed by atoms with van der Waals surface area (Å²) < 4.78 is 149. The molecule has 0 aromatic rings. The van der Waals surface area contributed by atoms with Gasteiger partial charge in [0, 0.05) is 0 Å². The third kappa shape index (κ3) is 3.74. The maximum Gasteiger partial charge on any atom is 0.462 e. The average Bonchev–Trinajstić information content (AvgIpc) is 2.24. The molecule has 0 aromatic carbocycles. The molecule has 0 radical (unpaired) electrons. The van der Waals surface area contributed by atoms with E-state index in [1.54, 1.807) is 4.74 Å². The quantitative estimate of drug-likeness (QED) is 0.508. The van der Waals surface area contributed by atoms with Crippen molar-refractivity contribution in [1.82, 2.24) is 0 Å². The molecule has 0 aliphatic carbocycles. The van der Waals surface area contributed by atoms with Gasteiger partial charge in [-0.3, -0.25) is 0 Å². The number of alkyl halides is 12. The van der Waals surface area contributed by atoms with Gasteiger partial charge >= 0.3 is 30.2 Å². The summed E-state index contributed by atoms with van der Waals surface area (Å²) in [4.78, 5) is 0.